The van der Waals surface area contributed by atoms with Crippen molar-refractivity contribution in [2.24, 2.45) is 5.92 Å². The van der Waals surface area contributed by atoms with Crippen LogP contribution in [0, 0.1) is 5.92 Å². The fourth-order valence-corrected chi connectivity index (χ4v) is 6.95. The van der Waals surface area contributed by atoms with E-state index in [0.29, 0.717) is 25.8 Å². The monoisotopic (exact) mass is 592 g/mol. The van der Waals surface area contributed by atoms with E-state index in [0.717, 1.165) is 45.4 Å². The van der Waals surface area contributed by atoms with Crippen molar-refractivity contribution >= 4 is 90.3 Å². The first-order chi connectivity index (χ1) is 16.4. The average molecular weight is 594 g/mol. The molecule has 8 heteroatoms. The third-order valence-electron chi connectivity index (χ3n) is 6.63. The van der Waals surface area contributed by atoms with Crippen molar-refractivity contribution in [2.45, 2.75) is 38.6 Å². The summed E-state index contributed by atoms with van der Waals surface area (Å²) < 4.78 is 3.80. The predicted octanol–water partition coefficient (Wildman–Crippen LogP) is 8.54. The first-order valence-electron chi connectivity index (χ1n) is 11.4. The van der Waals surface area contributed by atoms with Crippen LogP contribution in [0.15, 0.2) is 52.0 Å². The summed E-state index contributed by atoms with van der Waals surface area (Å²) in [4.78, 5) is 15.7. The summed E-state index contributed by atoms with van der Waals surface area (Å²) in [6, 6.07) is 11.7. The van der Waals surface area contributed by atoms with Gasteiger partial charge in [0.1, 0.15) is 4.32 Å². The maximum Gasteiger partial charge on any atom is 0.266 e. The van der Waals surface area contributed by atoms with E-state index < -0.39 is 0 Å². The van der Waals surface area contributed by atoms with Crippen molar-refractivity contribution in [3.05, 3.63) is 73.1 Å². The summed E-state index contributed by atoms with van der Waals surface area (Å²) in [7, 11) is 0. The number of hydrogen-bond donors (Lipinski definition) is 0. The highest BCUT2D eigenvalue weighted by Gasteiger charge is 2.32. The lowest BCUT2D eigenvalue weighted by molar-refractivity contribution is -0.122. The summed E-state index contributed by atoms with van der Waals surface area (Å²) in [5.41, 5.74) is 3.03. The van der Waals surface area contributed by atoms with Crippen LogP contribution in [0.5, 0.6) is 0 Å². The van der Waals surface area contributed by atoms with E-state index in [1.54, 1.807) is 11.0 Å². The summed E-state index contributed by atoms with van der Waals surface area (Å²) in [5.74, 6) is 0.744. The lowest BCUT2D eigenvalue weighted by atomic mass is 10.0. The first-order valence-corrected chi connectivity index (χ1v) is 14.1. The number of carbonyl (C=O) groups is 1. The van der Waals surface area contributed by atoms with Gasteiger partial charge in [-0.3, -0.25) is 9.69 Å². The quantitative estimate of drug-likeness (QED) is 0.211. The molecule has 0 radical (unpaired) electrons. The van der Waals surface area contributed by atoms with Crippen molar-refractivity contribution in [3.8, 4) is 0 Å². The van der Waals surface area contributed by atoms with Crippen LogP contribution in [-0.2, 0) is 11.3 Å². The molecule has 1 aliphatic carbocycles. The summed E-state index contributed by atoms with van der Waals surface area (Å²) in [5, 5.41) is 2.32. The molecule has 2 fully saturated rings. The summed E-state index contributed by atoms with van der Waals surface area (Å²) in [6.07, 6.45) is 10.3. The van der Waals surface area contributed by atoms with Gasteiger partial charge in [-0.05, 0) is 54.3 Å². The zero-order valence-corrected chi connectivity index (χ0v) is 23.1. The van der Waals surface area contributed by atoms with E-state index >= 15 is 0 Å². The minimum atomic E-state index is 0.0182. The second-order valence-electron chi connectivity index (χ2n) is 8.88. The molecule has 2 aromatic carbocycles. The summed E-state index contributed by atoms with van der Waals surface area (Å²) >= 11 is 23.1. The Balaban J connectivity index is 1.44. The highest BCUT2D eigenvalue weighted by Crippen LogP contribution is 2.37. The van der Waals surface area contributed by atoms with Gasteiger partial charge in [-0.15, -0.1) is 0 Å². The molecule has 5 rings (SSSR count). The minimum absolute atomic E-state index is 0.0182. The van der Waals surface area contributed by atoms with Crippen LogP contribution in [0.25, 0.3) is 17.0 Å². The van der Waals surface area contributed by atoms with E-state index in [1.165, 1.54) is 37.4 Å². The van der Waals surface area contributed by atoms with Gasteiger partial charge in [0.05, 0.1) is 4.91 Å². The Hall–Kier alpha value is -1.31. The highest BCUT2D eigenvalue weighted by molar-refractivity contribution is 9.10. The van der Waals surface area contributed by atoms with Gasteiger partial charge in [-0.1, -0.05) is 94.9 Å². The van der Waals surface area contributed by atoms with Crippen LogP contribution in [0.2, 0.25) is 10.0 Å². The van der Waals surface area contributed by atoms with Gasteiger partial charge < -0.3 is 4.57 Å². The lowest BCUT2D eigenvalue weighted by Crippen LogP contribution is -2.30. The number of aromatic nitrogens is 1. The van der Waals surface area contributed by atoms with Crippen LogP contribution >= 0.6 is 63.1 Å². The fourth-order valence-electron chi connectivity index (χ4n) is 4.82. The van der Waals surface area contributed by atoms with Gasteiger partial charge in [0, 0.05) is 50.3 Å². The third kappa shape index (κ3) is 5.12. The standard InChI is InChI=1S/C26H23BrCl2N2OS2/c27-19-6-8-23-21(12-19)18(15-30(23)14-17-5-7-20(28)13-22(17)29)11-24-25(32)31(26(33)34-24)10-9-16-3-1-2-4-16/h5-8,11-13,15-16H,1-4,9-10,14H2/b24-11-. The molecule has 2 aliphatic rings. The Morgan fingerprint density at radius 3 is 2.71 bits per heavy atom. The maximum atomic E-state index is 13.2. The van der Waals surface area contributed by atoms with E-state index in [2.05, 4.69) is 38.8 Å². The number of amides is 1. The molecule has 1 saturated carbocycles. The van der Waals surface area contributed by atoms with Crippen molar-refractivity contribution in [1.82, 2.24) is 9.47 Å². The molecule has 0 atom stereocenters. The zero-order valence-electron chi connectivity index (χ0n) is 18.4. The Morgan fingerprint density at radius 1 is 1.15 bits per heavy atom. The maximum absolute atomic E-state index is 13.2. The van der Waals surface area contributed by atoms with Crippen LogP contribution < -0.4 is 0 Å². The number of hydrogen-bond acceptors (Lipinski definition) is 3. The minimum Gasteiger partial charge on any atom is -0.342 e. The van der Waals surface area contributed by atoms with Gasteiger partial charge in [-0.2, -0.15) is 0 Å². The molecule has 1 saturated heterocycles. The number of benzene rings is 2. The van der Waals surface area contributed by atoms with Crippen LogP contribution in [0.1, 0.15) is 43.2 Å². The van der Waals surface area contributed by atoms with Gasteiger partial charge in [0.15, 0.2) is 0 Å². The number of fused-ring (bicyclic) bond motifs is 1. The third-order valence-corrected chi connectivity index (χ3v) is 9.08. The molecule has 0 spiro atoms. The van der Waals surface area contributed by atoms with Gasteiger partial charge >= 0.3 is 0 Å². The highest BCUT2D eigenvalue weighted by atomic mass is 79.9. The van der Waals surface area contributed by atoms with Crippen LogP contribution in [-0.4, -0.2) is 26.2 Å². The Kier molecular flexibility index (Phi) is 7.43. The average Bonchev–Trinajstić information content (AvgIpc) is 3.49. The SMILES string of the molecule is O=C1/C(=C/c2cn(Cc3ccc(Cl)cc3Cl)c3ccc(Br)cc23)SC(=S)N1CCC1CCCC1. The van der Waals surface area contributed by atoms with Crippen molar-refractivity contribution < 1.29 is 4.79 Å². The second-order valence-corrected chi connectivity index (χ2v) is 12.3. The molecule has 176 valence electrons. The molecule has 3 nitrogen and oxygen atoms in total. The molecule has 34 heavy (non-hydrogen) atoms. The Labute approximate surface area is 227 Å². The lowest BCUT2D eigenvalue weighted by Gasteiger charge is -2.17. The number of rotatable bonds is 6. The van der Waals surface area contributed by atoms with Crippen LogP contribution in [0.4, 0.5) is 0 Å². The number of thioether (sulfide) groups is 1. The van der Waals surface area contributed by atoms with Crippen molar-refractivity contribution in [3.63, 3.8) is 0 Å². The number of carbonyl (C=O) groups excluding carboxylic acids is 1. The number of nitrogens with zero attached hydrogens (tertiary/aromatic N) is 2. The molecule has 0 bridgehead atoms. The smallest absolute Gasteiger partial charge is 0.266 e. The molecular weight excluding hydrogens is 571 g/mol. The normalized spacial score (nSPS) is 18.2. The van der Waals surface area contributed by atoms with Gasteiger partial charge in [-0.25, -0.2) is 0 Å². The van der Waals surface area contributed by atoms with E-state index in [9.17, 15) is 4.79 Å². The zero-order chi connectivity index (χ0) is 23.8. The number of halogens is 3. The van der Waals surface area contributed by atoms with Crippen molar-refractivity contribution in [1.29, 1.82) is 0 Å². The molecule has 2 heterocycles. The molecule has 3 aromatic rings. The van der Waals surface area contributed by atoms with Crippen molar-refractivity contribution in [2.75, 3.05) is 6.54 Å². The Morgan fingerprint density at radius 2 is 1.94 bits per heavy atom. The molecule has 1 aromatic heterocycles. The largest absolute Gasteiger partial charge is 0.342 e. The van der Waals surface area contributed by atoms with E-state index in [1.807, 2.05) is 24.3 Å². The first kappa shape index (κ1) is 24.4. The predicted molar refractivity (Wildman–Crippen MR) is 152 cm³/mol. The molecule has 1 aliphatic heterocycles. The van der Waals surface area contributed by atoms with E-state index in [4.69, 9.17) is 35.4 Å². The topological polar surface area (TPSA) is 25.2 Å². The second kappa shape index (κ2) is 10.4. The van der Waals surface area contributed by atoms with E-state index in [-0.39, 0.29) is 5.91 Å². The molecule has 0 unspecified atom stereocenters. The summed E-state index contributed by atoms with van der Waals surface area (Å²) in [6.45, 7) is 1.32. The molecule has 1 amide bonds. The molecule has 0 N–H and O–H groups in total. The fraction of sp³-hybridized carbons (Fsp3) is 0.308. The Bertz CT molecular complexity index is 1310. The van der Waals surface area contributed by atoms with Gasteiger partial charge in [0.25, 0.3) is 5.91 Å². The molecular formula is C26H23BrCl2N2OS2. The number of thiocarbonyl (C=S) groups is 1. The van der Waals surface area contributed by atoms with Crippen LogP contribution in [0.3, 0.4) is 0 Å². The van der Waals surface area contributed by atoms with Gasteiger partial charge in [0.2, 0.25) is 0 Å².